The molecule has 274 valence electrons. The van der Waals surface area contributed by atoms with Crippen molar-refractivity contribution >= 4 is 64.4 Å². The second-order valence-electron chi connectivity index (χ2n) is 13.2. The van der Waals surface area contributed by atoms with E-state index in [1.165, 1.54) is 30.7 Å². The maximum Gasteiger partial charge on any atom is 0.245 e. The summed E-state index contributed by atoms with van der Waals surface area (Å²) in [7, 11) is 1.34. The number of carbonyl (C=O) groups is 7. The van der Waals surface area contributed by atoms with Gasteiger partial charge in [-0.2, -0.15) is 11.8 Å². The van der Waals surface area contributed by atoms with Gasteiger partial charge in [0.2, 0.25) is 40.6 Å². The smallest absolute Gasteiger partial charge is 0.245 e. The lowest BCUT2D eigenvalue weighted by Crippen LogP contribution is -2.62. The molecule has 17 heteroatoms. The topological polar surface area (TPSA) is 195 Å². The van der Waals surface area contributed by atoms with E-state index >= 15 is 0 Å². The fourth-order valence-electron chi connectivity index (χ4n) is 6.23. The first-order valence-corrected chi connectivity index (χ1v) is 18.7. The van der Waals surface area contributed by atoms with Crippen molar-refractivity contribution < 1.29 is 37.7 Å². The van der Waals surface area contributed by atoms with Gasteiger partial charge in [-0.1, -0.05) is 30.3 Å². The first-order valence-electron chi connectivity index (χ1n) is 16.6. The molecule has 6 atom stereocenters. The molecule has 0 spiro atoms. The summed E-state index contributed by atoms with van der Waals surface area (Å²) in [6.07, 6.45) is 3.21. The van der Waals surface area contributed by atoms with Crippen LogP contribution in [0.1, 0.15) is 45.6 Å². The third-order valence-electron chi connectivity index (χ3n) is 8.96. The average molecular weight is 734 g/mol. The van der Waals surface area contributed by atoms with E-state index in [9.17, 15) is 33.6 Å². The zero-order valence-corrected chi connectivity index (χ0v) is 30.6. The van der Waals surface area contributed by atoms with Crippen molar-refractivity contribution in [3.05, 3.63) is 35.9 Å². The minimum atomic E-state index is -1.35. The van der Waals surface area contributed by atoms with Crippen molar-refractivity contribution in [3.8, 4) is 0 Å². The lowest BCUT2D eigenvalue weighted by Gasteiger charge is -2.34. The van der Waals surface area contributed by atoms with Gasteiger partial charge in [0.1, 0.15) is 29.7 Å². The highest BCUT2D eigenvalue weighted by atomic mass is 32.2. The lowest BCUT2D eigenvalue weighted by atomic mass is 10.0. The van der Waals surface area contributed by atoms with Gasteiger partial charge >= 0.3 is 0 Å². The Morgan fingerprint density at radius 1 is 1.00 bits per heavy atom. The minimum absolute atomic E-state index is 0.131. The lowest BCUT2D eigenvalue weighted by molar-refractivity contribution is -0.137. The van der Waals surface area contributed by atoms with Crippen LogP contribution in [-0.4, -0.2) is 131 Å². The second-order valence-corrected chi connectivity index (χ2v) is 15.0. The van der Waals surface area contributed by atoms with Crippen LogP contribution in [0.4, 0.5) is 0 Å². The van der Waals surface area contributed by atoms with Crippen molar-refractivity contribution in [1.82, 2.24) is 36.4 Å². The highest BCUT2D eigenvalue weighted by molar-refractivity contribution is 8.09. The molecule has 0 aliphatic carbocycles. The molecule has 4 rings (SSSR count). The van der Waals surface area contributed by atoms with Crippen LogP contribution in [0.15, 0.2) is 30.3 Å². The van der Waals surface area contributed by atoms with Gasteiger partial charge in [-0.15, -0.1) is 0 Å². The Morgan fingerprint density at radius 3 is 2.40 bits per heavy atom. The molecular formula is C33H47N7O8S2. The fraction of sp³-hybridized carbons (Fsp3) is 0.606. The number of nitrogens with one attached hydrogen (secondary N) is 5. The predicted octanol–water partition coefficient (Wildman–Crippen LogP) is -0.654. The number of rotatable bonds is 9. The molecule has 3 saturated heterocycles. The second kappa shape index (κ2) is 17.5. The highest BCUT2D eigenvalue weighted by Gasteiger charge is 2.54. The Bertz CT molecular complexity index is 1450. The molecule has 15 nitrogen and oxygen atoms in total. The number of carbonyl (C=O) groups excluding carboxylic acids is 7. The van der Waals surface area contributed by atoms with Gasteiger partial charge in [0, 0.05) is 13.0 Å². The van der Waals surface area contributed by atoms with E-state index in [0.29, 0.717) is 37.2 Å². The van der Waals surface area contributed by atoms with E-state index in [2.05, 4.69) is 26.6 Å². The Morgan fingerprint density at radius 2 is 1.72 bits per heavy atom. The number of fused-ring (bicyclic) bond motifs is 2. The number of benzene rings is 1. The average Bonchev–Trinajstić information content (AvgIpc) is 3.70. The molecule has 0 saturated carbocycles. The molecule has 1 aromatic carbocycles. The van der Waals surface area contributed by atoms with Crippen molar-refractivity contribution in [2.45, 2.75) is 88.2 Å². The molecule has 3 aliphatic rings. The van der Waals surface area contributed by atoms with Crippen molar-refractivity contribution in [1.29, 1.82) is 0 Å². The number of amides is 6. The van der Waals surface area contributed by atoms with E-state index < -0.39 is 88.9 Å². The molecule has 3 heterocycles. The van der Waals surface area contributed by atoms with Crippen molar-refractivity contribution in [2.75, 3.05) is 38.8 Å². The molecule has 3 aliphatic heterocycles. The van der Waals surface area contributed by atoms with Crippen LogP contribution in [-0.2, 0) is 44.2 Å². The van der Waals surface area contributed by atoms with E-state index in [1.54, 1.807) is 18.7 Å². The summed E-state index contributed by atoms with van der Waals surface area (Å²) in [5.41, 5.74) is -0.572. The minimum Gasteiger partial charge on any atom is -0.345 e. The van der Waals surface area contributed by atoms with Gasteiger partial charge in [-0.25, -0.2) is 0 Å². The summed E-state index contributed by atoms with van der Waals surface area (Å²) < 4.78 is 4.92. The van der Waals surface area contributed by atoms with Crippen molar-refractivity contribution in [2.24, 2.45) is 0 Å². The molecule has 3 fully saturated rings. The van der Waals surface area contributed by atoms with Crippen molar-refractivity contribution in [3.63, 3.8) is 0 Å². The van der Waals surface area contributed by atoms with Gasteiger partial charge in [-0.05, 0) is 64.2 Å². The summed E-state index contributed by atoms with van der Waals surface area (Å²) in [5.74, 6) is -2.67. The van der Waals surface area contributed by atoms with E-state index in [1.807, 2.05) is 36.6 Å². The first-order chi connectivity index (χ1) is 23.8. The maximum atomic E-state index is 14.1. The first kappa shape index (κ1) is 39.1. The third kappa shape index (κ3) is 9.98. The third-order valence-corrected chi connectivity index (χ3v) is 10.4. The summed E-state index contributed by atoms with van der Waals surface area (Å²) in [6, 6.07) is 3.55. The van der Waals surface area contributed by atoms with Gasteiger partial charge in [0.25, 0.3) is 0 Å². The SMILES string of the molecule is COSC(=O)C(C)(C)NC(=O)[C@H]1[C@@H]2CN2C(=O)[C@H](C)NC(=O)[C@H](CCSC)NC(=O)CNC(=O)C(Cc2ccccc2)NC(=O)[C@@H]2CCCN21. The monoisotopic (exact) mass is 733 g/mol. The number of hydrogen-bond acceptors (Lipinski definition) is 11. The van der Waals surface area contributed by atoms with Gasteiger partial charge in [-0.3, -0.25) is 38.5 Å². The summed E-state index contributed by atoms with van der Waals surface area (Å²) in [5, 5.41) is 13.2. The molecule has 0 bridgehead atoms. The van der Waals surface area contributed by atoms with Crippen LogP contribution >= 0.6 is 23.8 Å². The molecule has 0 radical (unpaired) electrons. The standard InChI is InChI=1S/C33H47N7O8S2/c1-19-31(46)40-18-24(40)26(30(45)38-33(2,3)32(47)50-48-4)39-14-9-12-23(39)29(44)37-22(16-20-10-7-6-8-11-20)27(42)34-17-25(41)36-21(13-15-49-5)28(43)35-19/h6-8,10-11,19,21-24,26H,9,12-18H2,1-5H3,(H,34,42)(H,35,43)(H,36,41)(H,37,44)(H,38,45)/t19-,21-,22?,23-,24-,26+,40?/m0/s1. The zero-order chi connectivity index (χ0) is 36.6. The van der Waals surface area contributed by atoms with Crippen LogP contribution in [0.3, 0.4) is 0 Å². The fourth-order valence-corrected chi connectivity index (χ4v) is 7.11. The van der Waals surface area contributed by atoms with Crippen LogP contribution in [0.25, 0.3) is 0 Å². The summed E-state index contributed by atoms with van der Waals surface area (Å²) in [4.78, 5) is 97.5. The normalized spacial score (nSPS) is 27.1. The Kier molecular flexibility index (Phi) is 13.7. The van der Waals surface area contributed by atoms with Gasteiger partial charge in [0.05, 0.1) is 37.8 Å². The van der Waals surface area contributed by atoms with Crippen LogP contribution in [0, 0.1) is 0 Å². The van der Waals surface area contributed by atoms with Crippen LogP contribution < -0.4 is 26.6 Å². The Labute approximate surface area is 300 Å². The Balaban J connectivity index is 1.69. The zero-order valence-electron chi connectivity index (χ0n) is 29.0. The molecule has 0 aromatic heterocycles. The molecule has 5 N–H and O–H groups in total. The summed E-state index contributed by atoms with van der Waals surface area (Å²) in [6.45, 7) is 4.69. The number of nitrogens with zero attached hydrogens (tertiary/aromatic N) is 2. The van der Waals surface area contributed by atoms with Gasteiger partial charge < -0.3 is 35.7 Å². The largest absolute Gasteiger partial charge is 0.345 e. The summed E-state index contributed by atoms with van der Waals surface area (Å²) >= 11 is 2.08. The maximum absolute atomic E-state index is 14.1. The molecule has 1 aromatic rings. The Hall–Kier alpha value is -3.67. The van der Waals surface area contributed by atoms with Crippen LogP contribution in [0.5, 0.6) is 0 Å². The molecule has 1 unspecified atom stereocenters. The van der Waals surface area contributed by atoms with Gasteiger partial charge in [0.15, 0.2) is 0 Å². The number of thioether (sulfide) groups is 1. The molecular weight excluding hydrogens is 687 g/mol. The predicted molar refractivity (Wildman–Crippen MR) is 188 cm³/mol. The van der Waals surface area contributed by atoms with Crippen LogP contribution in [0.2, 0.25) is 0 Å². The number of hydrogen-bond donors (Lipinski definition) is 5. The molecule has 50 heavy (non-hydrogen) atoms. The highest BCUT2D eigenvalue weighted by Crippen LogP contribution is 2.32. The van der Waals surface area contributed by atoms with E-state index in [4.69, 9.17) is 4.18 Å². The van der Waals surface area contributed by atoms with E-state index in [-0.39, 0.29) is 19.4 Å². The molecule has 6 amide bonds. The quantitative estimate of drug-likeness (QED) is 0.160. The van der Waals surface area contributed by atoms with E-state index in [0.717, 1.165) is 5.56 Å².